The summed E-state index contributed by atoms with van der Waals surface area (Å²) in [7, 11) is 12.9. The molecule has 2 aliphatic heterocycles. The molecule has 3 heterocycles. The number of amides is 12. The summed E-state index contributed by atoms with van der Waals surface area (Å²) in [4.78, 5) is 196. The molecule has 0 radical (unpaired) electrons. The van der Waals surface area contributed by atoms with E-state index in [4.69, 9.17) is 11.6 Å². The van der Waals surface area contributed by atoms with Crippen LogP contribution >= 0.6 is 22.9 Å². The van der Waals surface area contributed by atoms with Crippen molar-refractivity contribution in [2.75, 3.05) is 76.5 Å². The maximum absolute atomic E-state index is 15.8. The molecule has 1 unspecified atom stereocenters. The van der Waals surface area contributed by atoms with Crippen molar-refractivity contribution < 1.29 is 70.7 Å². The molecule has 1 spiro atoms. The van der Waals surface area contributed by atoms with Gasteiger partial charge in [-0.1, -0.05) is 110 Å². The Labute approximate surface area is 613 Å². The number of hydrogen-bond donors (Lipinski definition) is 3. The van der Waals surface area contributed by atoms with Crippen LogP contribution in [0.2, 0.25) is 5.02 Å². The highest BCUT2D eigenvalue weighted by atomic mass is 35.5. The first-order valence-electron chi connectivity index (χ1n) is 36.4. The second-order valence-electron chi connectivity index (χ2n) is 30.1. The quantitative estimate of drug-likeness (QED) is 0.202. The molecule has 3 N–H and O–H groups in total. The van der Waals surface area contributed by atoms with E-state index in [9.17, 15) is 46.7 Å². The lowest BCUT2D eigenvalue weighted by atomic mass is 9.84. The third-order valence-electron chi connectivity index (χ3n) is 22.3. The van der Waals surface area contributed by atoms with Crippen molar-refractivity contribution in [3.63, 3.8) is 0 Å². The fraction of sp³-hybridized carbons (Fsp3) is 0.712. The fourth-order valence-electron chi connectivity index (χ4n) is 15.4. The molecule has 25 nitrogen and oxygen atoms in total. The topological polar surface area (TPSA) is 283 Å². The maximum Gasteiger partial charge on any atom is 0.417 e. The Hall–Kier alpha value is -7.43. The maximum atomic E-state index is 15.8. The van der Waals surface area contributed by atoms with Gasteiger partial charge in [-0.15, -0.1) is 11.3 Å². The van der Waals surface area contributed by atoms with Crippen LogP contribution in [0.15, 0.2) is 29.1 Å². The molecule has 2 saturated heterocycles. The van der Waals surface area contributed by atoms with E-state index in [1.165, 1.54) is 128 Å². The second kappa shape index (κ2) is 36.0. The summed E-state index contributed by atoms with van der Waals surface area (Å²) in [5, 5.41) is 9.81. The molecule has 12 amide bonds. The van der Waals surface area contributed by atoms with Crippen molar-refractivity contribution in [2.24, 2.45) is 23.7 Å². The van der Waals surface area contributed by atoms with Gasteiger partial charge in [0.1, 0.15) is 59.9 Å². The number of benzene rings is 1. The number of nitrogens with zero attached hydrogens (tertiary/aromatic N) is 10. The SMILES string of the molecule is CC[C@H](C)[C@@H]1NC(=O)[C@H](CC(C)C)N(C)C(=O)C[C@@H](C(=O)N(C)C)N(C)C(=O)[C@H](C2CCCC2)N(C)C(=O)C2(CCCC2)NC(=O)[C@H](Cc2cscn2)N(C)C(=O)[C@H](CCc2ccc(C(F)(F)F)c(Cl)c2)NC(=O)CN(C)C(=O)[C@H](CC2CCCCC2)N(C)C(=O)C2CCN2C(=O)[C@H](C)N(C)C1=O. The summed E-state index contributed by atoms with van der Waals surface area (Å²) >= 11 is 7.41. The van der Waals surface area contributed by atoms with Crippen LogP contribution in [0.25, 0.3) is 0 Å². The summed E-state index contributed by atoms with van der Waals surface area (Å²) in [6.07, 6.45) is 2.90. The predicted octanol–water partition coefficient (Wildman–Crippen LogP) is 6.18. The predicted molar refractivity (Wildman–Crippen MR) is 382 cm³/mol. The zero-order valence-electron chi connectivity index (χ0n) is 62.4. The van der Waals surface area contributed by atoms with Crippen LogP contribution in [0, 0.1) is 23.7 Å². The van der Waals surface area contributed by atoms with E-state index in [0.29, 0.717) is 50.6 Å². The lowest BCUT2D eigenvalue weighted by Gasteiger charge is -2.45. The largest absolute Gasteiger partial charge is 0.417 e. The summed E-state index contributed by atoms with van der Waals surface area (Å²) in [5.74, 6) is -9.26. The highest BCUT2D eigenvalue weighted by molar-refractivity contribution is 7.07. The molecule has 5 fully saturated rings. The molecule has 103 heavy (non-hydrogen) atoms. The molecule has 7 rings (SSSR count). The van der Waals surface area contributed by atoms with Gasteiger partial charge in [-0.2, -0.15) is 13.2 Å². The zero-order valence-corrected chi connectivity index (χ0v) is 64.0. The van der Waals surface area contributed by atoms with Crippen molar-refractivity contribution in [1.29, 1.82) is 0 Å². The van der Waals surface area contributed by atoms with Crippen LogP contribution in [0.1, 0.15) is 173 Å². The number of alkyl halides is 3. The van der Waals surface area contributed by atoms with E-state index in [2.05, 4.69) is 20.9 Å². The lowest BCUT2D eigenvalue weighted by Crippen LogP contribution is -2.65. The van der Waals surface area contributed by atoms with E-state index in [1.807, 2.05) is 20.8 Å². The van der Waals surface area contributed by atoms with Crippen molar-refractivity contribution in [3.8, 4) is 0 Å². The van der Waals surface area contributed by atoms with E-state index in [-0.39, 0.29) is 75.3 Å². The molecule has 1 aromatic carbocycles. The van der Waals surface area contributed by atoms with Gasteiger partial charge >= 0.3 is 6.18 Å². The average Bonchev–Trinajstić information content (AvgIpc) is 1.72. The minimum absolute atomic E-state index is 0.00437. The summed E-state index contributed by atoms with van der Waals surface area (Å²) < 4.78 is 41.9. The molecule has 0 bridgehead atoms. The van der Waals surface area contributed by atoms with Crippen molar-refractivity contribution >= 4 is 93.8 Å². The summed E-state index contributed by atoms with van der Waals surface area (Å²) in [6.45, 7) is 8.31. The molecular formula is C73H109ClF3N13O12S. The summed E-state index contributed by atoms with van der Waals surface area (Å²) in [6, 6.07) is -8.34. The number of nitrogens with one attached hydrogen (secondary N) is 3. The van der Waals surface area contributed by atoms with Gasteiger partial charge in [0.25, 0.3) is 0 Å². The molecule has 3 aliphatic carbocycles. The second-order valence-corrected chi connectivity index (χ2v) is 31.2. The number of fused-ring (bicyclic) bond motifs is 1. The first-order chi connectivity index (χ1) is 48.4. The lowest BCUT2D eigenvalue weighted by molar-refractivity contribution is -0.160. The molecule has 3 saturated carbocycles. The standard InChI is InChI=1S/C73H109ClF3N13O12S/c1-15-44(4)60-69(100)84(9)45(5)64(95)90-34-31-53(90)68(99)87(12)56(37-46-23-17-16-18-24-46)67(98)83(8)40-58(91)79-52(30-28-47-27-29-50(51(74)36-47)73(75,76)77)65(96)86(11)55(38-49-41-103-42-78-49)63(94)81-72(32-21-22-33-72)71(102)89(14)61(48-25-19-20-26-48)70(101)88(13)57(66(97)82(6)7)39-59(92)85(10)54(35-43(2)3)62(93)80-60/h27,29,36,41-46,48,52-57,60-61H,15-26,28,30-35,37-40H2,1-14H3,(H,79,91)(H,80,93)(H,81,94)/t44-,45-,52-,53?,54-,55-,56-,57-,60-,61-/m0/s1. The van der Waals surface area contributed by atoms with Gasteiger partial charge in [-0.3, -0.25) is 57.5 Å². The van der Waals surface area contributed by atoms with Crippen LogP contribution in [-0.2, 0) is 76.6 Å². The van der Waals surface area contributed by atoms with Gasteiger partial charge in [0.15, 0.2) is 0 Å². The average molecular weight is 1490 g/mol. The first-order valence-corrected chi connectivity index (χ1v) is 37.8. The molecular weight excluding hydrogens is 1380 g/mol. The number of thiazole rings is 1. The minimum Gasteiger partial charge on any atom is -0.347 e. The molecule has 1 aromatic heterocycles. The van der Waals surface area contributed by atoms with Crippen LogP contribution < -0.4 is 16.0 Å². The van der Waals surface area contributed by atoms with E-state index in [1.54, 1.807) is 12.3 Å². The molecule has 30 heteroatoms. The monoisotopic (exact) mass is 1480 g/mol. The van der Waals surface area contributed by atoms with Gasteiger partial charge < -0.3 is 60.0 Å². The van der Waals surface area contributed by atoms with Crippen LogP contribution in [0.4, 0.5) is 13.2 Å². The van der Waals surface area contributed by atoms with E-state index >= 15 is 24.0 Å². The number of hydrogen-bond acceptors (Lipinski definition) is 14. The van der Waals surface area contributed by atoms with Gasteiger partial charge in [-0.25, -0.2) is 4.98 Å². The van der Waals surface area contributed by atoms with Gasteiger partial charge in [0.05, 0.1) is 34.8 Å². The smallest absolute Gasteiger partial charge is 0.347 e. The summed E-state index contributed by atoms with van der Waals surface area (Å²) in [5.41, 5.74) is -0.555. The number of halogens is 4. The van der Waals surface area contributed by atoms with Crippen LogP contribution in [0.5, 0.6) is 0 Å². The zero-order chi connectivity index (χ0) is 76.3. The number of likely N-dealkylation sites (N-methyl/N-ethyl adjacent to an activating group) is 8. The Balaban J connectivity index is 1.32. The molecule has 572 valence electrons. The molecule has 2 aromatic rings. The van der Waals surface area contributed by atoms with Gasteiger partial charge in [0, 0.05) is 81.8 Å². The van der Waals surface area contributed by atoms with Gasteiger partial charge in [-0.05, 0) is 106 Å². The molecule has 10 atom stereocenters. The Morgan fingerprint density at radius 2 is 1.35 bits per heavy atom. The minimum atomic E-state index is -4.78. The number of carbonyl (C=O) groups is 12. The van der Waals surface area contributed by atoms with Crippen molar-refractivity contribution in [1.82, 2.24) is 65.0 Å². The van der Waals surface area contributed by atoms with Crippen molar-refractivity contribution in [3.05, 3.63) is 50.9 Å². The number of aryl methyl sites for hydroxylation is 1. The van der Waals surface area contributed by atoms with Crippen LogP contribution in [0.3, 0.4) is 0 Å². The Bertz CT molecular complexity index is 3380. The third-order valence-corrected chi connectivity index (χ3v) is 23.3. The third kappa shape index (κ3) is 19.9. The van der Waals surface area contributed by atoms with E-state index < -0.39 is 172 Å². The fourth-order valence-corrected chi connectivity index (χ4v) is 16.3. The number of aromatic nitrogens is 1. The van der Waals surface area contributed by atoms with Crippen molar-refractivity contribution in [2.45, 2.75) is 236 Å². The molecule has 5 aliphatic rings. The highest BCUT2D eigenvalue weighted by Gasteiger charge is 2.52. The van der Waals surface area contributed by atoms with Crippen LogP contribution in [-0.4, -0.2) is 256 Å². The normalized spacial score (nSPS) is 26.8. The highest BCUT2D eigenvalue weighted by Crippen LogP contribution is 2.39. The Kier molecular flexibility index (Phi) is 29.0. The number of carbonyl (C=O) groups excluding carboxylic acids is 12. The number of rotatable bonds is 13. The van der Waals surface area contributed by atoms with E-state index in [0.717, 1.165) is 54.0 Å². The Morgan fingerprint density at radius 3 is 1.91 bits per heavy atom. The Morgan fingerprint density at radius 1 is 0.718 bits per heavy atom. The first kappa shape index (κ1) is 82.9. The van der Waals surface area contributed by atoms with Gasteiger partial charge in [0.2, 0.25) is 70.9 Å².